The summed E-state index contributed by atoms with van der Waals surface area (Å²) in [6.45, 7) is 6.27. The van der Waals surface area contributed by atoms with E-state index in [1.54, 1.807) is 13.8 Å². The van der Waals surface area contributed by atoms with Crippen molar-refractivity contribution in [3.8, 4) is 0 Å². The molecule has 0 fully saturated rings. The van der Waals surface area contributed by atoms with Gasteiger partial charge in [-0.3, -0.25) is 24.2 Å². The number of rotatable bonds is 13. The molecule has 3 amide bonds. The lowest BCUT2D eigenvalue weighted by atomic mass is 10.2. The average Bonchev–Trinajstić information content (AvgIpc) is 2.86. The number of ether oxygens (including phenoxy) is 2. The molecule has 1 aromatic heterocycles. The van der Waals surface area contributed by atoms with Crippen LogP contribution >= 0.6 is 11.6 Å². The van der Waals surface area contributed by atoms with E-state index in [0.717, 1.165) is 12.3 Å². The number of amides is 3. The summed E-state index contributed by atoms with van der Waals surface area (Å²) in [4.78, 5) is 51.8. The van der Waals surface area contributed by atoms with E-state index in [1.165, 1.54) is 24.3 Å². The van der Waals surface area contributed by atoms with Crippen molar-refractivity contribution in [3.05, 3.63) is 58.4 Å². The summed E-state index contributed by atoms with van der Waals surface area (Å²) in [7, 11) is -4.40. The molecule has 0 aliphatic heterocycles. The number of hydrogen-bond acceptors (Lipinski definition) is 9. The van der Waals surface area contributed by atoms with E-state index in [-0.39, 0.29) is 34.5 Å². The van der Waals surface area contributed by atoms with Crippen LogP contribution in [0.4, 0.5) is 0 Å². The van der Waals surface area contributed by atoms with Crippen molar-refractivity contribution in [2.45, 2.75) is 38.2 Å². The third-order valence-electron chi connectivity index (χ3n) is 4.68. The Hall–Kier alpha value is -3.55. The molecule has 14 heteroatoms. The van der Waals surface area contributed by atoms with Crippen molar-refractivity contribution < 1.29 is 37.1 Å². The molecule has 3 N–H and O–H groups in total. The molecule has 0 atom stereocenters. The predicted octanol–water partition coefficient (Wildman–Crippen LogP) is 1.69. The van der Waals surface area contributed by atoms with Gasteiger partial charge in [-0.1, -0.05) is 11.6 Å². The normalized spacial score (nSPS) is 11.1. The zero-order valence-electron chi connectivity index (χ0n) is 21.1. The van der Waals surface area contributed by atoms with Crippen LogP contribution in [0.25, 0.3) is 0 Å². The SMILES string of the molecule is CCOCCCNC(=O)c1ccc(S(=O)(=O)NC(=O)c2ccc(C(=O)NCC(=O)OC(C)C)nc2)c(Cl)c1. The third kappa shape index (κ3) is 9.39. The first-order valence-corrected chi connectivity index (χ1v) is 13.5. The van der Waals surface area contributed by atoms with Crippen molar-refractivity contribution >= 4 is 45.3 Å². The molecule has 12 nitrogen and oxygen atoms in total. The summed E-state index contributed by atoms with van der Waals surface area (Å²) in [6.07, 6.45) is 1.28. The highest BCUT2D eigenvalue weighted by molar-refractivity contribution is 7.90. The molecule has 1 heterocycles. The van der Waals surface area contributed by atoms with Gasteiger partial charge >= 0.3 is 5.97 Å². The predicted molar refractivity (Wildman–Crippen MR) is 137 cm³/mol. The van der Waals surface area contributed by atoms with Gasteiger partial charge in [0.1, 0.15) is 17.1 Å². The highest BCUT2D eigenvalue weighted by Gasteiger charge is 2.23. The number of aromatic nitrogens is 1. The lowest BCUT2D eigenvalue weighted by Gasteiger charge is -2.11. The molecule has 2 rings (SSSR count). The number of hydrogen-bond donors (Lipinski definition) is 3. The second-order valence-electron chi connectivity index (χ2n) is 8.04. The molecule has 0 saturated carbocycles. The molecular formula is C24H29ClN4O8S. The highest BCUT2D eigenvalue weighted by atomic mass is 35.5. The van der Waals surface area contributed by atoms with Gasteiger partial charge in [-0.05, 0) is 57.5 Å². The van der Waals surface area contributed by atoms with E-state index in [9.17, 15) is 27.6 Å². The van der Waals surface area contributed by atoms with E-state index in [2.05, 4.69) is 15.6 Å². The molecule has 0 radical (unpaired) electrons. The molecule has 0 aliphatic carbocycles. The number of nitrogens with zero attached hydrogens (tertiary/aromatic N) is 1. The Bertz CT molecular complexity index is 1270. The first-order valence-electron chi connectivity index (χ1n) is 11.6. The quantitative estimate of drug-likeness (QED) is 0.240. The van der Waals surface area contributed by atoms with Crippen LogP contribution in [0.5, 0.6) is 0 Å². The minimum atomic E-state index is -4.40. The summed E-state index contributed by atoms with van der Waals surface area (Å²) in [6, 6.07) is 5.96. The van der Waals surface area contributed by atoms with Gasteiger partial charge in [0, 0.05) is 31.5 Å². The van der Waals surface area contributed by atoms with Gasteiger partial charge in [-0.15, -0.1) is 0 Å². The van der Waals surface area contributed by atoms with E-state index in [4.69, 9.17) is 21.1 Å². The van der Waals surface area contributed by atoms with Crippen molar-refractivity contribution in [2.24, 2.45) is 0 Å². The van der Waals surface area contributed by atoms with Crippen LogP contribution in [0.15, 0.2) is 41.4 Å². The minimum absolute atomic E-state index is 0.100. The highest BCUT2D eigenvalue weighted by Crippen LogP contribution is 2.23. The number of esters is 1. The number of pyridine rings is 1. The molecule has 0 unspecified atom stereocenters. The Kier molecular flexibility index (Phi) is 11.6. The van der Waals surface area contributed by atoms with Crippen molar-refractivity contribution in [2.75, 3.05) is 26.3 Å². The maximum Gasteiger partial charge on any atom is 0.325 e. The van der Waals surface area contributed by atoms with Gasteiger partial charge in [-0.2, -0.15) is 0 Å². The van der Waals surface area contributed by atoms with Crippen molar-refractivity contribution in [1.29, 1.82) is 0 Å². The van der Waals surface area contributed by atoms with E-state index < -0.39 is 38.6 Å². The number of carbonyl (C=O) groups excluding carboxylic acids is 4. The standard InChI is InChI=1S/C24H29ClN4O8S/c1-4-36-11-5-10-26-22(31)16-7-9-20(18(25)12-16)38(34,35)29-23(32)17-6-8-19(27-13-17)24(33)28-14-21(30)37-15(2)3/h6-9,12-13,15H,4-5,10-11,14H2,1-3H3,(H,26,31)(H,28,33)(H,29,32). The van der Waals surface area contributed by atoms with Crippen molar-refractivity contribution in [1.82, 2.24) is 20.3 Å². The van der Waals surface area contributed by atoms with Crippen LogP contribution in [0.3, 0.4) is 0 Å². The Morgan fingerprint density at radius 2 is 1.71 bits per heavy atom. The summed E-state index contributed by atoms with van der Waals surface area (Å²) >= 11 is 6.11. The number of carbonyl (C=O) groups is 4. The smallest absolute Gasteiger partial charge is 0.325 e. The van der Waals surface area contributed by atoms with Crippen LogP contribution in [0.1, 0.15) is 58.4 Å². The first-order chi connectivity index (χ1) is 17.9. The van der Waals surface area contributed by atoms with Gasteiger partial charge in [0.2, 0.25) is 0 Å². The maximum absolute atomic E-state index is 12.7. The molecule has 0 saturated heterocycles. The van der Waals surface area contributed by atoms with Crippen LogP contribution in [0, 0.1) is 0 Å². The largest absolute Gasteiger partial charge is 0.462 e. The third-order valence-corrected chi connectivity index (χ3v) is 6.50. The van der Waals surface area contributed by atoms with Crippen LogP contribution in [-0.4, -0.2) is 69.5 Å². The molecule has 1 aromatic carbocycles. The Morgan fingerprint density at radius 3 is 2.32 bits per heavy atom. The molecule has 206 valence electrons. The minimum Gasteiger partial charge on any atom is -0.462 e. The zero-order valence-corrected chi connectivity index (χ0v) is 22.6. The van der Waals surface area contributed by atoms with E-state index in [1.807, 2.05) is 11.6 Å². The van der Waals surface area contributed by atoms with Crippen LogP contribution < -0.4 is 15.4 Å². The molecule has 0 spiro atoms. The number of benzene rings is 1. The fourth-order valence-electron chi connectivity index (χ4n) is 2.93. The monoisotopic (exact) mass is 568 g/mol. The van der Waals surface area contributed by atoms with Gasteiger partial charge < -0.3 is 20.1 Å². The first kappa shape index (κ1) is 30.7. The molecule has 0 bridgehead atoms. The van der Waals surface area contributed by atoms with Crippen molar-refractivity contribution in [3.63, 3.8) is 0 Å². The molecular weight excluding hydrogens is 540 g/mol. The number of sulfonamides is 1. The second kappa shape index (κ2) is 14.4. The second-order valence-corrected chi connectivity index (χ2v) is 10.1. The van der Waals surface area contributed by atoms with Crippen LogP contribution in [-0.2, 0) is 24.3 Å². The maximum atomic E-state index is 12.7. The van der Waals surface area contributed by atoms with Gasteiger partial charge in [0.05, 0.1) is 16.7 Å². The van der Waals surface area contributed by atoms with E-state index >= 15 is 0 Å². The molecule has 0 aliphatic rings. The van der Waals surface area contributed by atoms with E-state index in [0.29, 0.717) is 26.2 Å². The Labute approximate surface area is 225 Å². The summed E-state index contributed by atoms with van der Waals surface area (Å²) < 4.78 is 37.4. The average molecular weight is 569 g/mol. The van der Waals surface area contributed by atoms with Gasteiger partial charge in [-0.25, -0.2) is 13.1 Å². The number of nitrogens with one attached hydrogen (secondary N) is 3. The Balaban J connectivity index is 2.00. The zero-order chi connectivity index (χ0) is 28.3. The lowest BCUT2D eigenvalue weighted by Crippen LogP contribution is -2.33. The summed E-state index contributed by atoms with van der Waals surface area (Å²) in [5.74, 6) is -2.77. The summed E-state index contributed by atoms with van der Waals surface area (Å²) in [5, 5.41) is 4.75. The number of halogens is 1. The fourth-order valence-corrected chi connectivity index (χ4v) is 4.45. The molecule has 2 aromatic rings. The Morgan fingerprint density at radius 1 is 1.00 bits per heavy atom. The summed E-state index contributed by atoms with van der Waals surface area (Å²) in [5.41, 5.74) is -0.104. The fraction of sp³-hybridized carbons (Fsp3) is 0.375. The van der Waals surface area contributed by atoms with Crippen LogP contribution in [0.2, 0.25) is 5.02 Å². The van der Waals surface area contributed by atoms with Gasteiger partial charge in [0.25, 0.3) is 27.7 Å². The molecule has 38 heavy (non-hydrogen) atoms. The topological polar surface area (TPSA) is 170 Å². The van der Waals surface area contributed by atoms with Gasteiger partial charge in [0.15, 0.2) is 0 Å². The lowest BCUT2D eigenvalue weighted by molar-refractivity contribution is -0.146.